The summed E-state index contributed by atoms with van der Waals surface area (Å²) in [5, 5.41) is 8.18. The molecule has 0 rings (SSSR count). The molecule has 1 amide bonds. The first kappa shape index (κ1) is 9.43. The van der Waals surface area contributed by atoms with E-state index in [-0.39, 0.29) is 19.6 Å². The lowest BCUT2D eigenvalue weighted by atomic mass is 10.6. The van der Waals surface area contributed by atoms with Crippen LogP contribution in [0.4, 0.5) is 0 Å². The summed E-state index contributed by atoms with van der Waals surface area (Å²) in [4.78, 5) is 21.2. The molecular formula is C6H8N2O3. The Morgan fingerprint density at radius 1 is 1.82 bits per heavy atom. The second kappa shape index (κ2) is 5.23. The normalized spacial score (nSPS) is 8.00. The molecule has 0 bridgehead atoms. The third kappa shape index (κ3) is 3.92. The SMILES string of the molecule is CCOC(=O)CN(C#N)C=O. The zero-order valence-electron chi connectivity index (χ0n) is 6.11. The summed E-state index contributed by atoms with van der Waals surface area (Å²) >= 11 is 0. The third-order valence-electron chi connectivity index (χ3n) is 0.860. The Morgan fingerprint density at radius 2 is 2.45 bits per heavy atom. The van der Waals surface area contributed by atoms with E-state index in [1.807, 2.05) is 0 Å². The molecule has 0 fully saturated rings. The van der Waals surface area contributed by atoms with Gasteiger partial charge in [0.1, 0.15) is 6.54 Å². The zero-order valence-corrected chi connectivity index (χ0v) is 6.11. The van der Waals surface area contributed by atoms with Crippen LogP contribution in [0.15, 0.2) is 0 Å². The maximum absolute atomic E-state index is 10.6. The number of hydrogen-bond donors (Lipinski definition) is 0. The molecule has 0 N–H and O–H groups in total. The molecule has 0 unspecified atom stereocenters. The minimum atomic E-state index is -0.582. The van der Waals surface area contributed by atoms with Gasteiger partial charge in [-0.3, -0.25) is 9.59 Å². The predicted octanol–water partition coefficient (Wildman–Crippen LogP) is -0.511. The number of ether oxygens (including phenoxy) is 1. The number of carbonyl (C=O) groups excluding carboxylic acids is 2. The fraction of sp³-hybridized carbons (Fsp3) is 0.500. The van der Waals surface area contributed by atoms with Crippen molar-refractivity contribution in [2.75, 3.05) is 13.2 Å². The number of rotatable bonds is 4. The molecule has 0 saturated heterocycles. The Labute approximate surface area is 64.2 Å². The van der Waals surface area contributed by atoms with Crippen LogP contribution in [-0.2, 0) is 14.3 Å². The number of nitriles is 1. The van der Waals surface area contributed by atoms with Gasteiger partial charge in [-0.25, -0.2) is 4.90 Å². The highest BCUT2D eigenvalue weighted by atomic mass is 16.5. The van der Waals surface area contributed by atoms with Gasteiger partial charge in [0.05, 0.1) is 6.61 Å². The molecule has 0 saturated carbocycles. The van der Waals surface area contributed by atoms with Crippen molar-refractivity contribution in [1.29, 1.82) is 5.26 Å². The summed E-state index contributed by atoms with van der Waals surface area (Å²) in [5.41, 5.74) is 0. The number of nitrogens with zero attached hydrogens (tertiary/aromatic N) is 2. The van der Waals surface area contributed by atoms with Crippen LogP contribution in [0.3, 0.4) is 0 Å². The molecule has 0 aromatic rings. The van der Waals surface area contributed by atoms with Crippen molar-refractivity contribution < 1.29 is 14.3 Å². The Hall–Kier alpha value is -1.57. The number of esters is 1. The monoisotopic (exact) mass is 156 g/mol. The molecule has 11 heavy (non-hydrogen) atoms. The molecule has 0 aliphatic carbocycles. The first-order valence-electron chi connectivity index (χ1n) is 3.01. The van der Waals surface area contributed by atoms with Crippen LogP contribution in [0.25, 0.3) is 0 Å². The van der Waals surface area contributed by atoms with Crippen molar-refractivity contribution >= 4 is 12.4 Å². The molecule has 60 valence electrons. The molecule has 0 aliphatic heterocycles. The lowest BCUT2D eigenvalue weighted by molar-refractivity contribution is -0.145. The minimum Gasteiger partial charge on any atom is -0.465 e. The summed E-state index contributed by atoms with van der Waals surface area (Å²) in [6.07, 6.45) is 1.78. The lowest BCUT2D eigenvalue weighted by Crippen LogP contribution is -2.25. The highest BCUT2D eigenvalue weighted by Crippen LogP contribution is 1.82. The van der Waals surface area contributed by atoms with Crippen LogP contribution in [0.1, 0.15) is 6.92 Å². The van der Waals surface area contributed by atoms with E-state index >= 15 is 0 Å². The van der Waals surface area contributed by atoms with Gasteiger partial charge < -0.3 is 4.74 Å². The molecule has 5 heteroatoms. The second-order valence-electron chi connectivity index (χ2n) is 1.64. The van der Waals surface area contributed by atoms with E-state index < -0.39 is 5.97 Å². The average Bonchev–Trinajstić information content (AvgIpc) is 2.01. The fourth-order valence-electron chi connectivity index (χ4n) is 0.442. The maximum atomic E-state index is 10.6. The molecule has 0 aromatic carbocycles. The van der Waals surface area contributed by atoms with Crippen LogP contribution >= 0.6 is 0 Å². The maximum Gasteiger partial charge on any atom is 0.326 e. The van der Waals surface area contributed by atoms with Crippen molar-refractivity contribution in [3.63, 3.8) is 0 Å². The van der Waals surface area contributed by atoms with Gasteiger partial charge in [-0.1, -0.05) is 0 Å². The zero-order chi connectivity index (χ0) is 8.69. The van der Waals surface area contributed by atoms with Crippen molar-refractivity contribution in [1.82, 2.24) is 4.90 Å². The Balaban J connectivity index is 3.74. The Bertz CT molecular complexity index is 185. The third-order valence-corrected chi connectivity index (χ3v) is 0.860. The van der Waals surface area contributed by atoms with Crippen molar-refractivity contribution in [2.24, 2.45) is 0 Å². The minimum absolute atomic E-state index is 0.247. The van der Waals surface area contributed by atoms with Gasteiger partial charge in [-0.2, -0.15) is 5.26 Å². The van der Waals surface area contributed by atoms with Crippen LogP contribution in [0, 0.1) is 11.5 Å². The predicted molar refractivity (Wildman–Crippen MR) is 35.0 cm³/mol. The van der Waals surface area contributed by atoms with Crippen LogP contribution in [0.2, 0.25) is 0 Å². The van der Waals surface area contributed by atoms with Crippen molar-refractivity contribution in [3.8, 4) is 6.19 Å². The molecule has 0 atom stereocenters. The quantitative estimate of drug-likeness (QED) is 0.238. The van der Waals surface area contributed by atoms with Gasteiger partial charge in [0.2, 0.25) is 6.41 Å². The summed E-state index contributed by atoms with van der Waals surface area (Å²) < 4.78 is 4.49. The Kier molecular flexibility index (Phi) is 4.49. The second-order valence-corrected chi connectivity index (χ2v) is 1.64. The van der Waals surface area contributed by atoms with E-state index in [1.54, 1.807) is 6.92 Å². The topological polar surface area (TPSA) is 70.4 Å². The van der Waals surface area contributed by atoms with Gasteiger partial charge in [0.15, 0.2) is 6.19 Å². The first-order chi connectivity index (χ1) is 5.24. The summed E-state index contributed by atoms with van der Waals surface area (Å²) in [6.45, 7) is 1.58. The molecule has 5 nitrogen and oxygen atoms in total. The number of amides is 1. The van der Waals surface area contributed by atoms with E-state index in [0.717, 1.165) is 0 Å². The average molecular weight is 156 g/mol. The van der Waals surface area contributed by atoms with Crippen LogP contribution in [0.5, 0.6) is 0 Å². The highest BCUT2D eigenvalue weighted by molar-refractivity contribution is 5.74. The van der Waals surface area contributed by atoms with E-state index in [0.29, 0.717) is 4.90 Å². The largest absolute Gasteiger partial charge is 0.465 e. The summed E-state index contributed by atoms with van der Waals surface area (Å²) in [6, 6.07) is 0. The van der Waals surface area contributed by atoms with Crippen molar-refractivity contribution in [3.05, 3.63) is 0 Å². The standard InChI is InChI=1S/C6H8N2O3/c1-2-11-6(10)3-8(4-7)5-9/h5H,2-3H2,1H3. The van der Waals surface area contributed by atoms with Gasteiger partial charge in [0.25, 0.3) is 0 Å². The number of carbonyl (C=O) groups is 2. The van der Waals surface area contributed by atoms with Crippen LogP contribution in [-0.4, -0.2) is 30.4 Å². The van der Waals surface area contributed by atoms with Crippen molar-refractivity contribution in [2.45, 2.75) is 6.92 Å². The van der Waals surface area contributed by atoms with Gasteiger partial charge in [0, 0.05) is 0 Å². The number of hydrogen-bond acceptors (Lipinski definition) is 4. The van der Waals surface area contributed by atoms with Gasteiger partial charge >= 0.3 is 5.97 Å². The molecular weight excluding hydrogens is 148 g/mol. The van der Waals surface area contributed by atoms with Gasteiger partial charge in [-0.15, -0.1) is 0 Å². The van der Waals surface area contributed by atoms with E-state index in [1.165, 1.54) is 6.19 Å². The first-order valence-corrected chi connectivity index (χ1v) is 3.01. The van der Waals surface area contributed by atoms with Gasteiger partial charge in [-0.05, 0) is 6.92 Å². The van der Waals surface area contributed by atoms with E-state index in [4.69, 9.17) is 5.26 Å². The molecule has 0 heterocycles. The molecule has 0 aromatic heterocycles. The fourth-order valence-corrected chi connectivity index (χ4v) is 0.442. The van der Waals surface area contributed by atoms with E-state index in [9.17, 15) is 9.59 Å². The summed E-state index contributed by atoms with van der Waals surface area (Å²) in [7, 11) is 0. The smallest absolute Gasteiger partial charge is 0.326 e. The highest BCUT2D eigenvalue weighted by Gasteiger charge is 2.07. The lowest BCUT2D eigenvalue weighted by Gasteiger charge is -2.04. The molecule has 0 aliphatic rings. The summed E-state index contributed by atoms with van der Waals surface area (Å²) in [5.74, 6) is -0.582. The molecule has 0 spiro atoms. The van der Waals surface area contributed by atoms with Crippen LogP contribution < -0.4 is 0 Å². The van der Waals surface area contributed by atoms with E-state index in [2.05, 4.69) is 4.74 Å². The molecule has 0 radical (unpaired) electrons. The Morgan fingerprint density at radius 3 is 2.82 bits per heavy atom.